The fourth-order valence-corrected chi connectivity index (χ4v) is 2.77. The Morgan fingerprint density at radius 2 is 1.62 bits per heavy atom. The Bertz CT molecular complexity index is 934. The van der Waals surface area contributed by atoms with E-state index in [1.54, 1.807) is 18.2 Å². The summed E-state index contributed by atoms with van der Waals surface area (Å²) in [4.78, 5) is 12.7. The number of rotatable bonds is 5. The number of carbonyl (C=O) groups is 1. The number of nitrogens with one attached hydrogen (secondary N) is 2. The summed E-state index contributed by atoms with van der Waals surface area (Å²) in [7, 11) is 0. The van der Waals surface area contributed by atoms with Gasteiger partial charge in [-0.15, -0.1) is 0 Å². The maximum atomic E-state index is 12.7. The van der Waals surface area contributed by atoms with Crippen molar-refractivity contribution >= 4 is 23.3 Å². The van der Waals surface area contributed by atoms with Crippen molar-refractivity contribution in [1.82, 2.24) is 5.32 Å². The van der Waals surface area contributed by atoms with Gasteiger partial charge in [-0.05, 0) is 34.9 Å². The Kier molecular flexibility index (Phi) is 5.34. The van der Waals surface area contributed by atoms with Gasteiger partial charge in [0, 0.05) is 22.7 Å². The molecule has 0 fully saturated rings. The van der Waals surface area contributed by atoms with Crippen molar-refractivity contribution in [3.8, 4) is 11.1 Å². The minimum Gasteiger partial charge on any atom is -0.384 e. The van der Waals surface area contributed by atoms with E-state index < -0.39 is 0 Å². The van der Waals surface area contributed by atoms with Crippen LogP contribution in [0.2, 0.25) is 5.02 Å². The maximum absolute atomic E-state index is 12.7. The number of amidine groups is 1. The number of halogens is 1. The molecule has 0 bridgehead atoms. The first-order valence-corrected chi connectivity index (χ1v) is 8.49. The lowest BCUT2D eigenvalue weighted by Crippen LogP contribution is -2.23. The molecule has 26 heavy (non-hydrogen) atoms. The molecule has 3 aromatic carbocycles. The van der Waals surface area contributed by atoms with Gasteiger partial charge >= 0.3 is 0 Å². The van der Waals surface area contributed by atoms with Crippen molar-refractivity contribution < 1.29 is 4.79 Å². The van der Waals surface area contributed by atoms with Crippen molar-refractivity contribution in [2.24, 2.45) is 5.73 Å². The predicted molar refractivity (Wildman–Crippen MR) is 106 cm³/mol. The minimum absolute atomic E-state index is 0.0254. The fourth-order valence-electron chi connectivity index (χ4n) is 2.64. The number of benzene rings is 3. The van der Waals surface area contributed by atoms with Gasteiger partial charge in [0.1, 0.15) is 5.84 Å². The van der Waals surface area contributed by atoms with Crippen LogP contribution in [-0.2, 0) is 6.54 Å². The highest BCUT2D eigenvalue weighted by molar-refractivity contribution is 6.30. The minimum atomic E-state index is -0.147. The number of carbonyl (C=O) groups excluding carboxylic acids is 1. The summed E-state index contributed by atoms with van der Waals surface area (Å²) in [6.45, 7) is 0.395. The molecule has 0 saturated heterocycles. The van der Waals surface area contributed by atoms with Crippen LogP contribution >= 0.6 is 11.6 Å². The molecule has 0 saturated carbocycles. The van der Waals surface area contributed by atoms with Crippen LogP contribution in [0, 0.1) is 5.41 Å². The van der Waals surface area contributed by atoms with Crippen LogP contribution in [0.15, 0.2) is 72.8 Å². The SMILES string of the molecule is N=C(N)c1ccc(CNC(=O)c2ccccc2-c2ccc(Cl)cc2)cc1. The second kappa shape index (κ2) is 7.85. The lowest BCUT2D eigenvalue weighted by molar-refractivity contribution is 0.0951. The van der Waals surface area contributed by atoms with Crippen molar-refractivity contribution in [1.29, 1.82) is 5.41 Å². The fraction of sp³-hybridized carbons (Fsp3) is 0.0476. The highest BCUT2D eigenvalue weighted by Gasteiger charge is 2.12. The molecule has 0 aliphatic carbocycles. The van der Waals surface area contributed by atoms with Gasteiger partial charge < -0.3 is 11.1 Å². The van der Waals surface area contributed by atoms with Gasteiger partial charge in [0.25, 0.3) is 5.91 Å². The zero-order valence-corrected chi connectivity index (χ0v) is 14.8. The molecular weight excluding hydrogens is 346 g/mol. The molecule has 0 spiro atoms. The average molecular weight is 364 g/mol. The largest absolute Gasteiger partial charge is 0.384 e. The van der Waals surface area contributed by atoms with E-state index >= 15 is 0 Å². The number of hydrogen-bond acceptors (Lipinski definition) is 2. The van der Waals surface area contributed by atoms with E-state index in [1.165, 1.54) is 0 Å². The summed E-state index contributed by atoms with van der Waals surface area (Å²) in [5.41, 5.74) is 9.44. The molecule has 3 aromatic rings. The van der Waals surface area contributed by atoms with Crippen LogP contribution in [0.25, 0.3) is 11.1 Å². The second-order valence-corrected chi connectivity index (χ2v) is 6.28. The van der Waals surface area contributed by atoms with Crippen LogP contribution in [-0.4, -0.2) is 11.7 Å². The highest BCUT2D eigenvalue weighted by atomic mass is 35.5. The molecule has 0 unspecified atom stereocenters. The van der Waals surface area contributed by atoms with E-state index in [9.17, 15) is 4.79 Å². The van der Waals surface area contributed by atoms with E-state index in [0.717, 1.165) is 16.7 Å². The molecular formula is C21H18ClN3O. The summed E-state index contributed by atoms with van der Waals surface area (Å²) in [6.07, 6.45) is 0. The van der Waals surface area contributed by atoms with Gasteiger partial charge in [0.15, 0.2) is 0 Å². The Labute approximate surface area is 157 Å². The molecule has 5 heteroatoms. The number of nitrogens with two attached hydrogens (primary N) is 1. The third kappa shape index (κ3) is 4.10. The molecule has 0 heterocycles. The Balaban J connectivity index is 1.76. The van der Waals surface area contributed by atoms with Gasteiger partial charge in [0.2, 0.25) is 0 Å². The lowest BCUT2D eigenvalue weighted by atomic mass is 9.99. The molecule has 4 N–H and O–H groups in total. The second-order valence-electron chi connectivity index (χ2n) is 5.85. The van der Waals surface area contributed by atoms with Crippen LogP contribution in [0.1, 0.15) is 21.5 Å². The molecule has 130 valence electrons. The topological polar surface area (TPSA) is 79.0 Å². The Morgan fingerprint density at radius 1 is 0.962 bits per heavy atom. The van der Waals surface area contributed by atoms with Crippen LogP contribution in [0.5, 0.6) is 0 Å². The molecule has 0 aromatic heterocycles. The van der Waals surface area contributed by atoms with Crippen molar-refractivity contribution in [3.05, 3.63) is 94.5 Å². The van der Waals surface area contributed by atoms with E-state index in [2.05, 4.69) is 5.32 Å². The van der Waals surface area contributed by atoms with Crippen molar-refractivity contribution in [2.75, 3.05) is 0 Å². The van der Waals surface area contributed by atoms with Crippen LogP contribution in [0.4, 0.5) is 0 Å². The quantitative estimate of drug-likeness (QED) is 0.468. The first-order valence-electron chi connectivity index (χ1n) is 8.11. The maximum Gasteiger partial charge on any atom is 0.252 e. The number of amides is 1. The van der Waals surface area contributed by atoms with E-state index in [1.807, 2.05) is 54.6 Å². The molecule has 3 rings (SSSR count). The van der Waals surface area contributed by atoms with Gasteiger partial charge in [-0.1, -0.05) is 66.2 Å². The Morgan fingerprint density at radius 3 is 2.27 bits per heavy atom. The van der Waals surface area contributed by atoms with E-state index in [0.29, 0.717) is 22.7 Å². The molecule has 0 aliphatic heterocycles. The lowest BCUT2D eigenvalue weighted by Gasteiger charge is -2.11. The van der Waals surface area contributed by atoms with Gasteiger partial charge in [-0.3, -0.25) is 10.2 Å². The summed E-state index contributed by atoms with van der Waals surface area (Å²) in [5.74, 6) is -0.122. The smallest absolute Gasteiger partial charge is 0.252 e. The van der Waals surface area contributed by atoms with Crippen LogP contribution in [0.3, 0.4) is 0 Å². The third-order valence-corrected chi connectivity index (χ3v) is 4.30. The van der Waals surface area contributed by atoms with Gasteiger partial charge in [-0.25, -0.2) is 0 Å². The molecule has 1 amide bonds. The van der Waals surface area contributed by atoms with E-state index in [-0.39, 0.29) is 11.7 Å². The zero-order chi connectivity index (χ0) is 18.5. The normalized spacial score (nSPS) is 10.3. The monoisotopic (exact) mass is 363 g/mol. The van der Waals surface area contributed by atoms with Gasteiger partial charge in [0.05, 0.1) is 0 Å². The summed E-state index contributed by atoms with van der Waals surface area (Å²) in [6, 6.07) is 22.1. The molecule has 4 nitrogen and oxygen atoms in total. The van der Waals surface area contributed by atoms with Gasteiger partial charge in [-0.2, -0.15) is 0 Å². The first kappa shape index (κ1) is 17.7. The van der Waals surface area contributed by atoms with Crippen molar-refractivity contribution in [2.45, 2.75) is 6.54 Å². The summed E-state index contributed by atoms with van der Waals surface area (Å²) < 4.78 is 0. The average Bonchev–Trinajstić information content (AvgIpc) is 2.67. The van der Waals surface area contributed by atoms with Crippen molar-refractivity contribution in [3.63, 3.8) is 0 Å². The Hall–Kier alpha value is -3.11. The number of nitrogen functional groups attached to an aromatic ring is 1. The van der Waals surface area contributed by atoms with E-state index in [4.69, 9.17) is 22.7 Å². The molecule has 0 aliphatic rings. The zero-order valence-electron chi connectivity index (χ0n) is 14.0. The first-order chi connectivity index (χ1) is 12.5. The number of hydrogen-bond donors (Lipinski definition) is 3. The summed E-state index contributed by atoms with van der Waals surface area (Å²) in [5, 5.41) is 11.0. The highest BCUT2D eigenvalue weighted by Crippen LogP contribution is 2.25. The molecule has 0 radical (unpaired) electrons. The third-order valence-electron chi connectivity index (χ3n) is 4.04. The standard InChI is InChI=1S/C21H18ClN3O/c22-17-11-9-15(10-12-17)18-3-1-2-4-19(18)21(26)25-13-14-5-7-16(8-6-14)20(23)24/h1-12H,13H2,(H3,23,24)(H,25,26). The molecule has 0 atom stereocenters. The predicted octanol–water partition coefficient (Wildman–Crippen LogP) is 4.22. The summed E-state index contributed by atoms with van der Waals surface area (Å²) >= 11 is 5.95. The van der Waals surface area contributed by atoms with Crippen LogP contribution < -0.4 is 11.1 Å².